The number of pyridine rings is 1. The van der Waals surface area contributed by atoms with Crippen LogP contribution in [0.4, 0.5) is 5.69 Å². The molecule has 3 rings (SSSR count). The Morgan fingerprint density at radius 2 is 1.27 bits per heavy atom. The summed E-state index contributed by atoms with van der Waals surface area (Å²) in [5.41, 5.74) is 6.36. The first kappa shape index (κ1) is 26.0. The number of carbonyl (C=O) groups is 1. The molecular formula is C30H48N2O. The van der Waals surface area contributed by atoms with E-state index < -0.39 is 0 Å². The Kier molecular flexibility index (Phi) is 12.0. The lowest BCUT2D eigenvalue weighted by Crippen LogP contribution is -2.18. The van der Waals surface area contributed by atoms with E-state index >= 15 is 0 Å². The molecule has 0 radical (unpaired) electrons. The number of nitrogens with one attached hydrogen (secondary N) is 1. The highest BCUT2D eigenvalue weighted by Gasteiger charge is 2.25. The molecule has 0 spiro atoms. The molecule has 3 nitrogen and oxygen atoms in total. The lowest BCUT2D eigenvalue weighted by Gasteiger charge is -2.22. The number of anilines is 1. The van der Waals surface area contributed by atoms with Crippen LogP contribution in [0.2, 0.25) is 0 Å². The SMILES string of the molecule is CCCCCCCC/C=C/CCCCCCCC(=O)Nc1c2c(nc3c1CCC3)CCCC2. The Morgan fingerprint density at radius 1 is 0.727 bits per heavy atom. The van der Waals surface area contributed by atoms with E-state index in [0.717, 1.165) is 37.8 Å². The average Bonchev–Trinajstić information content (AvgIpc) is 3.30. The van der Waals surface area contributed by atoms with Crippen molar-refractivity contribution in [1.82, 2.24) is 4.98 Å². The van der Waals surface area contributed by atoms with E-state index in [1.807, 2.05) is 0 Å². The third-order valence-electron chi connectivity index (χ3n) is 7.43. The molecule has 33 heavy (non-hydrogen) atoms. The summed E-state index contributed by atoms with van der Waals surface area (Å²) in [6.07, 6.45) is 30.2. The number of allylic oxidation sites excluding steroid dienone is 2. The van der Waals surface area contributed by atoms with E-state index in [9.17, 15) is 4.79 Å². The first-order valence-corrected chi connectivity index (χ1v) is 14.3. The maximum Gasteiger partial charge on any atom is 0.224 e. The minimum absolute atomic E-state index is 0.209. The Balaban J connectivity index is 1.24. The minimum Gasteiger partial charge on any atom is -0.325 e. The van der Waals surface area contributed by atoms with Crippen LogP contribution in [0, 0.1) is 0 Å². The zero-order chi connectivity index (χ0) is 23.1. The van der Waals surface area contributed by atoms with Gasteiger partial charge < -0.3 is 5.32 Å². The second-order valence-electron chi connectivity index (χ2n) is 10.3. The molecule has 1 N–H and O–H groups in total. The van der Waals surface area contributed by atoms with Crippen molar-refractivity contribution in [2.45, 2.75) is 142 Å². The predicted molar refractivity (Wildman–Crippen MR) is 141 cm³/mol. The van der Waals surface area contributed by atoms with Crippen LogP contribution in [0.3, 0.4) is 0 Å². The van der Waals surface area contributed by atoms with Gasteiger partial charge in [0.2, 0.25) is 5.91 Å². The zero-order valence-electron chi connectivity index (χ0n) is 21.4. The van der Waals surface area contributed by atoms with Crippen LogP contribution < -0.4 is 5.32 Å². The van der Waals surface area contributed by atoms with Crippen LogP contribution in [0.15, 0.2) is 12.2 Å². The van der Waals surface area contributed by atoms with E-state index in [2.05, 4.69) is 24.4 Å². The maximum atomic E-state index is 12.7. The summed E-state index contributed by atoms with van der Waals surface area (Å²) in [7, 11) is 0. The van der Waals surface area contributed by atoms with E-state index in [1.165, 1.54) is 119 Å². The molecule has 0 aromatic carbocycles. The van der Waals surface area contributed by atoms with Crippen LogP contribution in [-0.2, 0) is 30.5 Å². The van der Waals surface area contributed by atoms with Crippen molar-refractivity contribution >= 4 is 11.6 Å². The molecule has 1 aromatic rings. The smallest absolute Gasteiger partial charge is 0.224 e. The molecule has 1 heterocycles. The average molecular weight is 453 g/mol. The van der Waals surface area contributed by atoms with Crippen molar-refractivity contribution in [1.29, 1.82) is 0 Å². The normalized spacial score (nSPS) is 15.1. The van der Waals surface area contributed by atoms with Gasteiger partial charge in [-0.1, -0.05) is 70.4 Å². The molecule has 0 unspecified atom stereocenters. The van der Waals surface area contributed by atoms with Gasteiger partial charge in [-0.05, 0) is 88.2 Å². The Bertz CT molecular complexity index is 752. The summed E-state index contributed by atoms with van der Waals surface area (Å²) in [5.74, 6) is 0.209. The second kappa shape index (κ2) is 15.3. The van der Waals surface area contributed by atoms with Gasteiger partial charge >= 0.3 is 0 Å². The third-order valence-corrected chi connectivity index (χ3v) is 7.43. The molecule has 2 aliphatic rings. The molecule has 0 aliphatic heterocycles. The first-order valence-electron chi connectivity index (χ1n) is 14.3. The second-order valence-corrected chi connectivity index (χ2v) is 10.3. The minimum atomic E-state index is 0.209. The van der Waals surface area contributed by atoms with Crippen molar-refractivity contribution in [2.24, 2.45) is 0 Å². The molecule has 0 atom stereocenters. The van der Waals surface area contributed by atoms with Crippen molar-refractivity contribution in [2.75, 3.05) is 5.32 Å². The molecule has 0 saturated heterocycles. The monoisotopic (exact) mass is 452 g/mol. The molecule has 2 aliphatic carbocycles. The fraction of sp³-hybridized carbons (Fsp3) is 0.733. The molecule has 1 aromatic heterocycles. The van der Waals surface area contributed by atoms with Crippen molar-refractivity contribution in [3.63, 3.8) is 0 Å². The number of nitrogens with zero attached hydrogens (tertiary/aromatic N) is 1. The number of aryl methyl sites for hydroxylation is 2. The van der Waals surface area contributed by atoms with Gasteiger partial charge in [0.15, 0.2) is 0 Å². The summed E-state index contributed by atoms with van der Waals surface area (Å²) < 4.78 is 0. The fourth-order valence-corrected chi connectivity index (χ4v) is 5.46. The Morgan fingerprint density at radius 3 is 1.97 bits per heavy atom. The van der Waals surface area contributed by atoms with Gasteiger partial charge in [0.25, 0.3) is 0 Å². The van der Waals surface area contributed by atoms with Crippen LogP contribution in [0.25, 0.3) is 0 Å². The summed E-state index contributed by atoms with van der Waals surface area (Å²) in [5, 5.41) is 3.33. The number of hydrogen-bond acceptors (Lipinski definition) is 2. The van der Waals surface area contributed by atoms with Crippen LogP contribution in [-0.4, -0.2) is 10.9 Å². The number of amides is 1. The molecule has 0 bridgehead atoms. The lowest BCUT2D eigenvalue weighted by molar-refractivity contribution is -0.116. The lowest BCUT2D eigenvalue weighted by atomic mass is 9.92. The quantitative estimate of drug-likeness (QED) is 0.202. The largest absolute Gasteiger partial charge is 0.325 e. The number of aromatic nitrogens is 1. The van der Waals surface area contributed by atoms with Crippen LogP contribution in [0.5, 0.6) is 0 Å². The molecule has 3 heteroatoms. The van der Waals surface area contributed by atoms with Gasteiger partial charge in [0, 0.05) is 17.8 Å². The standard InChI is InChI=1S/C30H48N2O/c1-2-3-4-5-6-7-8-9-10-11-12-13-14-15-16-24-29(33)32-30-25-20-17-18-22-27(25)31-28-23-19-21-26(28)30/h9-10H,2-8,11-24H2,1H3,(H,31,32,33)/b10-9+. The number of fused-ring (bicyclic) bond motifs is 2. The fourth-order valence-electron chi connectivity index (χ4n) is 5.46. The van der Waals surface area contributed by atoms with E-state index in [-0.39, 0.29) is 5.91 Å². The Hall–Kier alpha value is -1.64. The topological polar surface area (TPSA) is 42.0 Å². The zero-order valence-corrected chi connectivity index (χ0v) is 21.4. The summed E-state index contributed by atoms with van der Waals surface area (Å²) in [6.45, 7) is 2.28. The molecule has 184 valence electrons. The highest BCUT2D eigenvalue weighted by Crippen LogP contribution is 2.36. The summed E-state index contributed by atoms with van der Waals surface area (Å²) in [6, 6.07) is 0. The van der Waals surface area contributed by atoms with Gasteiger partial charge in [-0.25, -0.2) is 0 Å². The highest BCUT2D eigenvalue weighted by molar-refractivity contribution is 5.92. The van der Waals surface area contributed by atoms with Crippen molar-refractivity contribution in [3.8, 4) is 0 Å². The number of carbonyl (C=O) groups excluding carboxylic acids is 1. The molecule has 1 amide bonds. The number of unbranched alkanes of at least 4 members (excludes halogenated alkanes) is 11. The summed E-state index contributed by atoms with van der Waals surface area (Å²) in [4.78, 5) is 17.6. The van der Waals surface area contributed by atoms with Crippen molar-refractivity contribution < 1.29 is 4.79 Å². The first-order chi connectivity index (χ1) is 16.3. The van der Waals surface area contributed by atoms with Gasteiger partial charge in [0.05, 0.1) is 5.69 Å². The van der Waals surface area contributed by atoms with Crippen molar-refractivity contribution in [3.05, 3.63) is 34.7 Å². The highest BCUT2D eigenvalue weighted by atomic mass is 16.1. The van der Waals surface area contributed by atoms with E-state index in [1.54, 1.807) is 0 Å². The summed E-state index contributed by atoms with van der Waals surface area (Å²) >= 11 is 0. The van der Waals surface area contributed by atoms with Gasteiger partial charge in [-0.2, -0.15) is 0 Å². The van der Waals surface area contributed by atoms with Gasteiger partial charge in [-0.15, -0.1) is 0 Å². The third kappa shape index (κ3) is 8.91. The predicted octanol–water partition coefficient (Wildman–Crippen LogP) is 8.43. The number of hydrogen-bond donors (Lipinski definition) is 1. The maximum absolute atomic E-state index is 12.7. The number of rotatable bonds is 16. The van der Waals surface area contributed by atoms with Crippen LogP contribution >= 0.6 is 0 Å². The molecule has 0 fully saturated rings. The Labute approximate surface area is 203 Å². The van der Waals surface area contributed by atoms with Gasteiger partial charge in [0.1, 0.15) is 0 Å². The molecule has 0 saturated carbocycles. The van der Waals surface area contributed by atoms with E-state index in [4.69, 9.17) is 4.98 Å². The van der Waals surface area contributed by atoms with Crippen LogP contribution in [0.1, 0.15) is 139 Å². The molecular weight excluding hydrogens is 404 g/mol. The van der Waals surface area contributed by atoms with E-state index in [0.29, 0.717) is 6.42 Å². The van der Waals surface area contributed by atoms with Gasteiger partial charge in [-0.3, -0.25) is 9.78 Å².